The van der Waals surface area contributed by atoms with Crippen molar-refractivity contribution in [2.75, 3.05) is 5.32 Å². The molecule has 0 spiro atoms. The minimum atomic E-state index is -0.661. The van der Waals surface area contributed by atoms with E-state index in [2.05, 4.69) is 10.3 Å². The predicted octanol–water partition coefficient (Wildman–Crippen LogP) is 3.00. The molecule has 0 radical (unpaired) electrons. The summed E-state index contributed by atoms with van der Waals surface area (Å²) in [6.07, 6.45) is 3.60. The average molecular weight is 319 g/mol. The van der Waals surface area contributed by atoms with E-state index in [0.717, 1.165) is 11.3 Å². The first-order valence-electron chi connectivity index (χ1n) is 7.40. The third kappa shape index (κ3) is 2.44. The number of para-hydroxylation sites is 1. The summed E-state index contributed by atoms with van der Waals surface area (Å²) in [6.45, 7) is 1.89. The number of carbonyl (C=O) groups is 1. The van der Waals surface area contributed by atoms with Crippen molar-refractivity contribution in [1.29, 1.82) is 0 Å². The zero-order chi connectivity index (χ0) is 16.7. The molecule has 4 rings (SSSR count). The maximum atomic E-state index is 12.4. The Hall–Kier alpha value is -3.41. The topological polar surface area (TPSA) is 76.6 Å². The highest BCUT2D eigenvalue weighted by molar-refractivity contribution is 6.05. The predicted molar refractivity (Wildman–Crippen MR) is 90.4 cm³/mol. The summed E-state index contributed by atoms with van der Waals surface area (Å²) in [4.78, 5) is 28.8. The molecule has 4 aromatic rings. The average Bonchev–Trinajstić information content (AvgIpc) is 2.93. The van der Waals surface area contributed by atoms with E-state index >= 15 is 0 Å². The van der Waals surface area contributed by atoms with Crippen LogP contribution in [-0.4, -0.2) is 15.3 Å². The van der Waals surface area contributed by atoms with Gasteiger partial charge in [-0.3, -0.25) is 4.79 Å². The number of hydrogen-bond donors (Lipinski definition) is 1. The summed E-state index contributed by atoms with van der Waals surface area (Å²) in [5.74, 6) is -0.509. The van der Waals surface area contributed by atoms with Gasteiger partial charge in [0.25, 0.3) is 5.91 Å². The Kier molecular flexibility index (Phi) is 3.16. The zero-order valence-electron chi connectivity index (χ0n) is 12.8. The molecule has 3 aromatic heterocycles. The van der Waals surface area contributed by atoms with Crippen LogP contribution in [0.5, 0.6) is 0 Å². The van der Waals surface area contributed by atoms with Crippen molar-refractivity contribution >= 4 is 28.2 Å². The zero-order valence-corrected chi connectivity index (χ0v) is 12.8. The van der Waals surface area contributed by atoms with E-state index in [1.54, 1.807) is 36.5 Å². The molecule has 6 nitrogen and oxygen atoms in total. The summed E-state index contributed by atoms with van der Waals surface area (Å²) in [6, 6.07) is 12.1. The largest absolute Gasteiger partial charge is 0.422 e. The number of carbonyl (C=O) groups excluding carboxylic acids is 1. The smallest absolute Gasteiger partial charge is 0.349 e. The van der Waals surface area contributed by atoms with Gasteiger partial charge in [0.2, 0.25) is 0 Å². The molecule has 1 aromatic carbocycles. The van der Waals surface area contributed by atoms with E-state index < -0.39 is 11.5 Å². The van der Waals surface area contributed by atoms with Gasteiger partial charge in [-0.05, 0) is 31.2 Å². The summed E-state index contributed by atoms with van der Waals surface area (Å²) in [5, 5.41) is 3.41. The number of hydrogen-bond acceptors (Lipinski definition) is 4. The highest BCUT2D eigenvalue weighted by Gasteiger charge is 2.14. The standard InChI is InChI=1S/C18H13N3O3/c1-11-9-21-10-13(6-7-16(21)19-11)20-17(22)14-8-12-4-2-3-5-15(12)24-18(14)23/h2-10H,1H3,(H,20,22). The van der Waals surface area contributed by atoms with Crippen LogP contribution in [0.2, 0.25) is 0 Å². The van der Waals surface area contributed by atoms with Gasteiger partial charge >= 0.3 is 5.63 Å². The van der Waals surface area contributed by atoms with E-state index in [1.807, 2.05) is 23.6 Å². The number of rotatable bonds is 2. The van der Waals surface area contributed by atoms with Gasteiger partial charge in [0.05, 0.1) is 11.4 Å². The van der Waals surface area contributed by atoms with Crippen LogP contribution >= 0.6 is 0 Å². The summed E-state index contributed by atoms with van der Waals surface area (Å²) in [5.41, 5.74) is 2.00. The first-order chi connectivity index (χ1) is 11.6. The molecule has 0 unspecified atom stereocenters. The number of benzene rings is 1. The second kappa shape index (κ2) is 5.34. The maximum absolute atomic E-state index is 12.4. The van der Waals surface area contributed by atoms with Gasteiger partial charge in [-0.15, -0.1) is 0 Å². The van der Waals surface area contributed by atoms with E-state index in [9.17, 15) is 9.59 Å². The molecule has 3 heterocycles. The van der Waals surface area contributed by atoms with Gasteiger partial charge in [-0.25, -0.2) is 9.78 Å². The van der Waals surface area contributed by atoms with Gasteiger partial charge in [0.15, 0.2) is 0 Å². The molecular formula is C18H13N3O3. The normalized spacial score (nSPS) is 11.0. The number of amides is 1. The van der Waals surface area contributed by atoms with Crippen LogP contribution in [0, 0.1) is 6.92 Å². The lowest BCUT2D eigenvalue weighted by atomic mass is 10.2. The van der Waals surface area contributed by atoms with Crippen LogP contribution in [0.1, 0.15) is 16.1 Å². The minimum Gasteiger partial charge on any atom is -0.422 e. The van der Waals surface area contributed by atoms with E-state index in [-0.39, 0.29) is 5.56 Å². The molecule has 0 saturated heterocycles. The second-order valence-electron chi connectivity index (χ2n) is 5.51. The molecule has 0 aliphatic rings. The van der Waals surface area contributed by atoms with Crippen molar-refractivity contribution < 1.29 is 9.21 Å². The Balaban J connectivity index is 1.70. The number of imidazole rings is 1. The van der Waals surface area contributed by atoms with Crippen LogP contribution < -0.4 is 10.9 Å². The number of anilines is 1. The van der Waals surface area contributed by atoms with Crippen LogP contribution in [0.3, 0.4) is 0 Å². The summed E-state index contributed by atoms with van der Waals surface area (Å²) in [7, 11) is 0. The third-order valence-electron chi connectivity index (χ3n) is 3.72. The van der Waals surface area contributed by atoms with Crippen molar-refractivity contribution in [3.8, 4) is 0 Å². The molecule has 24 heavy (non-hydrogen) atoms. The minimum absolute atomic E-state index is 0.0318. The van der Waals surface area contributed by atoms with Crippen LogP contribution in [0.15, 0.2) is 64.1 Å². The fourth-order valence-corrected chi connectivity index (χ4v) is 2.61. The first-order valence-corrected chi connectivity index (χ1v) is 7.40. The SMILES string of the molecule is Cc1cn2cc(NC(=O)c3cc4ccccc4oc3=O)ccc2n1. The van der Waals surface area contributed by atoms with Gasteiger partial charge in [0.1, 0.15) is 16.8 Å². The Labute approximate surface area is 136 Å². The number of pyridine rings is 1. The van der Waals surface area contributed by atoms with Crippen molar-refractivity contribution in [2.45, 2.75) is 6.92 Å². The fourth-order valence-electron chi connectivity index (χ4n) is 2.61. The number of nitrogens with one attached hydrogen (secondary N) is 1. The molecule has 0 saturated carbocycles. The number of aromatic nitrogens is 2. The Morgan fingerprint density at radius 1 is 1.17 bits per heavy atom. The van der Waals surface area contributed by atoms with Crippen molar-refractivity contribution in [1.82, 2.24) is 9.38 Å². The molecule has 6 heteroatoms. The molecule has 0 atom stereocenters. The van der Waals surface area contributed by atoms with Crippen LogP contribution in [-0.2, 0) is 0 Å². The lowest BCUT2D eigenvalue weighted by molar-refractivity contribution is 0.102. The number of fused-ring (bicyclic) bond motifs is 2. The molecule has 0 fully saturated rings. The molecule has 118 valence electrons. The van der Waals surface area contributed by atoms with E-state index in [0.29, 0.717) is 16.7 Å². The van der Waals surface area contributed by atoms with Crippen LogP contribution in [0.4, 0.5) is 5.69 Å². The highest BCUT2D eigenvalue weighted by atomic mass is 16.4. The van der Waals surface area contributed by atoms with Gasteiger partial charge in [-0.1, -0.05) is 18.2 Å². The maximum Gasteiger partial charge on any atom is 0.349 e. The fraction of sp³-hybridized carbons (Fsp3) is 0.0556. The van der Waals surface area contributed by atoms with E-state index in [1.165, 1.54) is 6.07 Å². The van der Waals surface area contributed by atoms with Gasteiger partial charge < -0.3 is 14.1 Å². The van der Waals surface area contributed by atoms with Crippen molar-refractivity contribution in [3.05, 3.63) is 76.5 Å². The first kappa shape index (κ1) is 14.2. The second-order valence-corrected chi connectivity index (χ2v) is 5.51. The van der Waals surface area contributed by atoms with Crippen molar-refractivity contribution in [2.24, 2.45) is 0 Å². The Morgan fingerprint density at radius 2 is 2.00 bits per heavy atom. The third-order valence-corrected chi connectivity index (χ3v) is 3.72. The van der Waals surface area contributed by atoms with Gasteiger partial charge in [0, 0.05) is 17.8 Å². The molecular weight excluding hydrogens is 306 g/mol. The summed E-state index contributed by atoms with van der Waals surface area (Å²) < 4.78 is 7.01. The van der Waals surface area contributed by atoms with E-state index in [4.69, 9.17) is 4.42 Å². The Bertz CT molecular complexity index is 1140. The molecule has 1 amide bonds. The van der Waals surface area contributed by atoms with Gasteiger partial charge in [-0.2, -0.15) is 0 Å². The summed E-state index contributed by atoms with van der Waals surface area (Å²) >= 11 is 0. The number of aryl methyl sites for hydroxylation is 1. The Morgan fingerprint density at radius 3 is 2.88 bits per heavy atom. The molecule has 1 N–H and O–H groups in total. The van der Waals surface area contributed by atoms with Crippen molar-refractivity contribution in [3.63, 3.8) is 0 Å². The van der Waals surface area contributed by atoms with Crippen LogP contribution in [0.25, 0.3) is 16.6 Å². The molecule has 0 aliphatic heterocycles. The quantitative estimate of drug-likeness (QED) is 0.576. The lowest BCUT2D eigenvalue weighted by Gasteiger charge is -2.06. The number of nitrogens with zero attached hydrogens (tertiary/aromatic N) is 2. The highest BCUT2D eigenvalue weighted by Crippen LogP contribution is 2.15. The monoisotopic (exact) mass is 319 g/mol. The lowest BCUT2D eigenvalue weighted by Crippen LogP contribution is -2.20. The molecule has 0 bridgehead atoms. The molecule has 0 aliphatic carbocycles.